The summed E-state index contributed by atoms with van der Waals surface area (Å²) in [4.78, 5) is 23.7. The molecule has 2 bridgehead atoms. The number of aliphatic hydroxyl groups is 1. The highest BCUT2D eigenvalue weighted by Gasteiger charge is 2.70. The van der Waals surface area contributed by atoms with Crippen LogP contribution in [-0.2, 0) is 28.8 Å². The highest BCUT2D eigenvalue weighted by molar-refractivity contribution is 5.66. The molecule has 4 heterocycles. The molecule has 1 spiro atoms. The zero-order valence-electron chi connectivity index (χ0n) is 29.8. The van der Waals surface area contributed by atoms with Crippen LogP contribution in [0.15, 0.2) is 0 Å². The van der Waals surface area contributed by atoms with Crippen LogP contribution in [0, 0.1) is 70.0 Å². The summed E-state index contributed by atoms with van der Waals surface area (Å²) < 4.78 is 20.4. The van der Waals surface area contributed by atoms with E-state index in [2.05, 4.69) is 34.6 Å². The number of carboxylic acids is 1. The maximum absolute atomic E-state index is 11.9. The van der Waals surface area contributed by atoms with Gasteiger partial charge in [-0.15, -0.1) is 0 Å². The van der Waals surface area contributed by atoms with Crippen LogP contribution in [0.25, 0.3) is 0 Å². The van der Waals surface area contributed by atoms with Crippen LogP contribution >= 0.6 is 0 Å². The molecule has 266 valence electrons. The Bertz CT molecular complexity index is 1210. The monoisotopic (exact) mass is 658 g/mol. The van der Waals surface area contributed by atoms with E-state index >= 15 is 0 Å². The molecule has 4 aliphatic heterocycles. The average Bonchev–Trinajstić information content (AvgIpc) is 3.22. The zero-order valence-corrected chi connectivity index (χ0v) is 29.8. The summed E-state index contributed by atoms with van der Waals surface area (Å²) in [5, 5.41) is 21.3. The fourth-order valence-electron chi connectivity index (χ4n) is 14.1. The van der Waals surface area contributed by atoms with Gasteiger partial charge in [-0.25, -0.2) is 9.78 Å². The number of carbonyl (C=O) groups is 1. The van der Waals surface area contributed by atoms with Gasteiger partial charge in [-0.05, 0) is 142 Å². The van der Waals surface area contributed by atoms with Crippen LogP contribution in [0.5, 0.6) is 0 Å². The highest BCUT2D eigenvalue weighted by Crippen LogP contribution is 2.69. The quantitative estimate of drug-likeness (QED) is 0.221. The van der Waals surface area contributed by atoms with Gasteiger partial charge in [-0.1, -0.05) is 34.6 Å². The molecule has 0 radical (unpaired) electrons. The summed E-state index contributed by atoms with van der Waals surface area (Å²) in [6, 6.07) is 0. The number of hydrogen-bond donors (Lipinski definition) is 2. The normalized spacial score (nSPS) is 57.2. The number of ether oxygens (including phenoxy) is 3. The first-order valence-electron chi connectivity index (χ1n) is 19.5. The van der Waals surface area contributed by atoms with Gasteiger partial charge in [0.25, 0.3) is 0 Å². The largest absolute Gasteiger partial charge is 0.481 e. The minimum atomic E-state index is -0.788. The molecule has 9 aliphatic rings. The molecule has 47 heavy (non-hydrogen) atoms. The van der Waals surface area contributed by atoms with Gasteiger partial charge in [0, 0.05) is 24.7 Å². The van der Waals surface area contributed by atoms with Crippen LogP contribution in [0.1, 0.15) is 131 Å². The predicted molar refractivity (Wildman–Crippen MR) is 174 cm³/mol. The van der Waals surface area contributed by atoms with Gasteiger partial charge in [-0.2, -0.15) is 0 Å². The molecule has 9 rings (SSSR count). The number of aliphatic carboxylic acids is 1. The third-order valence-corrected chi connectivity index (χ3v) is 16.6. The molecule has 9 unspecified atom stereocenters. The van der Waals surface area contributed by atoms with E-state index in [0.717, 1.165) is 51.4 Å². The van der Waals surface area contributed by atoms with E-state index in [1.807, 2.05) is 6.92 Å². The van der Waals surface area contributed by atoms with Crippen molar-refractivity contribution in [1.29, 1.82) is 0 Å². The topological polar surface area (TPSA) is 104 Å². The summed E-state index contributed by atoms with van der Waals surface area (Å²) >= 11 is 0. The van der Waals surface area contributed by atoms with Gasteiger partial charge < -0.3 is 24.4 Å². The molecular weight excluding hydrogens is 596 g/mol. The predicted octanol–water partition coefficient (Wildman–Crippen LogP) is 7.71. The fraction of sp³-hybridized carbons (Fsp3) is 0.974. The van der Waals surface area contributed by atoms with Crippen LogP contribution < -0.4 is 0 Å². The summed E-state index contributed by atoms with van der Waals surface area (Å²) in [7, 11) is 0. The third kappa shape index (κ3) is 4.98. The molecule has 5 aliphatic carbocycles. The summed E-state index contributed by atoms with van der Waals surface area (Å²) in [5.41, 5.74) is -0.194. The molecule has 0 amide bonds. The van der Waals surface area contributed by atoms with E-state index in [0.29, 0.717) is 41.4 Å². The first-order chi connectivity index (χ1) is 22.3. The molecule has 4 saturated heterocycles. The van der Waals surface area contributed by atoms with Crippen molar-refractivity contribution in [1.82, 2.24) is 0 Å². The van der Waals surface area contributed by atoms with Crippen molar-refractivity contribution >= 4 is 5.97 Å². The first-order valence-corrected chi connectivity index (χ1v) is 19.5. The number of fused-ring (bicyclic) bond motifs is 7. The van der Waals surface area contributed by atoms with Crippen LogP contribution in [-0.4, -0.2) is 52.4 Å². The minimum absolute atomic E-state index is 0.0645. The van der Waals surface area contributed by atoms with E-state index in [9.17, 15) is 15.0 Å². The molecule has 8 nitrogen and oxygen atoms in total. The Balaban J connectivity index is 0.962. The van der Waals surface area contributed by atoms with Gasteiger partial charge in [-0.3, -0.25) is 4.79 Å². The minimum Gasteiger partial charge on any atom is -0.481 e. The smallest absolute Gasteiger partial charge is 0.303 e. The van der Waals surface area contributed by atoms with Crippen molar-refractivity contribution < 1.29 is 39.0 Å². The van der Waals surface area contributed by atoms with E-state index in [-0.39, 0.29) is 53.5 Å². The van der Waals surface area contributed by atoms with Gasteiger partial charge in [0.15, 0.2) is 18.2 Å². The third-order valence-electron chi connectivity index (χ3n) is 16.6. The fourth-order valence-corrected chi connectivity index (χ4v) is 14.1. The second-order valence-electron chi connectivity index (χ2n) is 18.7. The lowest BCUT2D eigenvalue weighted by atomic mass is 9.43. The molecule has 0 aromatic heterocycles. The van der Waals surface area contributed by atoms with Crippen molar-refractivity contribution in [3.63, 3.8) is 0 Å². The van der Waals surface area contributed by atoms with Gasteiger partial charge in [0.1, 0.15) is 0 Å². The average molecular weight is 659 g/mol. The van der Waals surface area contributed by atoms with E-state index < -0.39 is 23.6 Å². The van der Waals surface area contributed by atoms with Crippen molar-refractivity contribution in [2.24, 2.45) is 70.0 Å². The van der Waals surface area contributed by atoms with Gasteiger partial charge >= 0.3 is 5.97 Å². The molecular formula is C39H62O8. The van der Waals surface area contributed by atoms with Crippen LogP contribution in [0.4, 0.5) is 0 Å². The highest BCUT2D eigenvalue weighted by atomic mass is 17.3. The first kappa shape index (κ1) is 33.4. The second-order valence-corrected chi connectivity index (χ2v) is 18.7. The van der Waals surface area contributed by atoms with Crippen LogP contribution in [0.3, 0.4) is 0 Å². The molecule has 18 atom stereocenters. The summed E-state index contributed by atoms with van der Waals surface area (Å²) in [6.45, 7) is 13.9. The summed E-state index contributed by atoms with van der Waals surface area (Å²) in [6.07, 6.45) is 12.8. The summed E-state index contributed by atoms with van der Waals surface area (Å²) in [5.74, 6) is 2.93. The van der Waals surface area contributed by atoms with E-state index in [1.165, 1.54) is 32.1 Å². The Morgan fingerprint density at radius 1 is 0.851 bits per heavy atom. The Morgan fingerprint density at radius 3 is 2.36 bits per heavy atom. The molecule has 8 heteroatoms. The van der Waals surface area contributed by atoms with Crippen molar-refractivity contribution in [3.05, 3.63) is 0 Å². The Hall–Kier alpha value is -0.770. The molecule has 0 aromatic carbocycles. The second kappa shape index (κ2) is 11.6. The van der Waals surface area contributed by atoms with Gasteiger partial charge in [0.05, 0.1) is 12.2 Å². The zero-order chi connectivity index (χ0) is 33.1. The lowest BCUT2D eigenvalue weighted by Crippen LogP contribution is -2.70. The molecule has 2 N–H and O–H groups in total. The maximum atomic E-state index is 11.9. The molecule has 9 fully saturated rings. The van der Waals surface area contributed by atoms with Crippen molar-refractivity contribution in [3.8, 4) is 0 Å². The maximum Gasteiger partial charge on any atom is 0.303 e. The van der Waals surface area contributed by atoms with E-state index in [1.54, 1.807) is 0 Å². The van der Waals surface area contributed by atoms with Gasteiger partial charge in [0.2, 0.25) is 5.79 Å². The number of aliphatic hydroxyl groups excluding tert-OH is 1. The number of carboxylic acid groups (broad SMARTS) is 1. The van der Waals surface area contributed by atoms with Crippen molar-refractivity contribution in [2.45, 2.75) is 168 Å². The molecule has 5 saturated carbocycles. The van der Waals surface area contributed by atoms with Crippen molar-refractivity contribution in [2.75, 3.05) is 0 Å². The Labute approximate surface area is 282 Å². The standard InChI is InChI=1S/C39H62O8/c1-21(8-12-33(41)42)26-10-11-29-25-20-32(40)31-19-24(13-16-37(31,5)30(25)14-17-36(26,29)4)43-34-23(3)28-9-7-22(2)27-15-18-38(6)45-35(44-34)39(27,28)47-46-38/h21-32,34-35,40H,7-20H2,1-6H3,(H,41,42)/t21-,22-,23-,24-,25?,26-,27?,28?,29?,30?,31?,32+,34?,35?,36-,37-,38+,39?/m1/s1. The lowest BCUT2D eigenvalue weighted by molar-refractivity contribution is -0.578. The SMILES string of the molecule is C[C@H]1C(O[C@@H]2CC[C@]3(C)C4CC[C@@]5(C)C(CC[C@@H]5[C@H](C)CCC(=O)O)C4C[C@H](O)C3C2)OC2O[C@]3(C)CCC4[C@H](C)CCC1C24OO3. The number of hydrogen-bond acceptors (Lipinski definition) is 7. The number of rotatable bonds is 6. The lowest BCUT2D eigenvalue weighted by Gasteiger charge is -2.63. The van der Waals surface area contributed by atoms with Crippen LogP contribution in [0.2, 0.25) is 0 Å². The Kier molecular flexibility index (Phi) is 8.26. The Morgan fingerprint density at radius 2 is 1.57 bits per heavy atom. The van der Waals surface area contributed by atoms with E-state index in [4.69, 9.17) is 24.0 Å². The molecule has 0 aromatic rings.